The Morgan fingerprint density at radius 1 is 1.00 bits per heavy atom. The lowest BCUT2D eigenvalue weighted by atomic mass is 9.93. The molecule has 3 aromatic carbocycles. The fourth-order valence-electron chi connectivity index (χ4n) is 4.79. The van der Waals surface area contributed by atoms with Gasteiger partial charge in [-0.1, -0.05) is 50.2 Å². The van der Waals surface area contributed by atoms with E-state index < -0.39 is 17.7 Å². The summed E-state index contributed by atoms with van der Waals surface area (Å²) in [5.74, 6) is -0.765. The molecule has 35 heavy (non-hydrogen) atoms. The molecule has 1 atom stereocenters. The number of aromatic nitrogens is 1. The van der Waals surface area contributed by atoms with E-state index in [1.165, 1.54) is 4.90 Å². The van der Waals surface area contributed by atoms with Gasteiger partial charge in [0.1, 0.15) is 11.5 Å². The third-order valence-electron chi connectivity index (χ3n) is 6.52. The summed E-state index contributed by atoms with van der Waals surface area (Å²) in [4.78, 5) is 31.5. The van der Waals surface area contributed by atoms with Gasteiger partial charge in [0.15, 0.2) is 0 Å². The highest BCUT2D eigenvalue weighted by atomic mass is 16.5. The number of amides is 1. The van der Waals surface area contributed by atoms with Gasteiger partial charge in [-0.3, -0.25) is 14.5 Å². The van der Waals surface area contributed by atoms with Gasteiger partial charge in [0.2, 0.25) is 0 Å². The third-order valence-corrected chi connectivity index (χ3v) is 6.52. The number of anilines is 1. The molecule has 1 aliphatic rings. The fraction of sp³-hybridized carbons (Fsp3) is 0.172. The van der Waals surface area contributed by atoms with Gasteiger partial charge >= 0.3 is 0 Å². The Balaban J connectivity index is 1.76. The van der Waals surface area contributed by atoms with Gasteiger partial charge in [-0.15, -0.1) is 0 Å². The van der Waals surface area contributed by atoms with Crippen LogP contribution >= 0.6 is 0 Å². The Kier molecular flexibility index (Phi) is 5.65. The predicted octanol–water partition coefficient (Wildman–Crippen LogP) is 5.93. The molecule has 1 unspecified atom stereocenters. The number of fused-ring (bicyclic) bond motifs is 1. The smallest absolute Gasteiger partial charge is 0.300 e. The first-order chi connectivity index (χ1) is 16.9. The van der Waals surface area contributed by atoms with Crippen molar-refractivity contribution >= 4 is 34.0 Å². The van der Waals surface area contributed by atoms with Gasteiger partial charge in [-0.25, -0.2) is 0 Å². The SMILES string of the molecule is COc1ccc(/C(O)=C2\C(=O)C(=O)N(c3ccccc3)C2c2c[nH]c3ccccc23)cc1C(C)C. The molecule has 0 bridgehead atoms. The summed E-state index contributed by atoms with van der Waals surface area (Å²) in [6.07, 6.45) is 1.80. The van der Waals surface area contributed by atoms with Crippen LogP contribution in [0.3, 0.4) is 0 Å². The van der Waals surface area contributed by atoms with Crippen LogP contribution in [0, 0.1) is 0 Å². The summed E-state index contributed by atoms with van der Waals surface area (Å²) in [5.41, 5.74) is 3.63. The first-order valence-electron chi connectivity index (χ1n) is 11.5. The average molecular weight is 467 g/mol. The number of hydrogen-bond acceptors (Lipinski definition) is 4. The number of methoxy groups -OCH3 is 1. The first kappa shape index (κ1) is 22.5. The molecule has 6 heteroatoms. The van der Waals surface area contributed by atoms with E-state index in [9.17, 15) is 14.7 Å². The number of nitrogens with zero attached hydrogens (tertiary/aromatic N) is 1. The van der Waals surface area contributed by atoms with Crippen molar-refractivity contribution in [1.82, 2.24) is 4.98 Å². The van der Waals surface area contributed by atoms with Crippen molar-refractivity contribution < 1.29 is 19.4 Å². The van der Waals surface area contributed by atoms with Crippen molar-refractivity contribution in [3.63, 3.8) is 0 Å². The van der Waals surface area contributed by atoms with E-state index in [0.717, 1.165) is 22.0 Å². The molecule has 2 N–H and O–H groups in total. The van der Waals surface area contributed by atoms with Gasteiger partial charge < -0.3 is 14.8 Å². The molecule has 5 rings (SSSR count). The van der Waals surface area contributed by atoms with E-state index in [0.29, 0.717) is 17.0 Å². The van der Waals surface area contributed by atoms with Crippen LogP contribution in [0.5, 0.6) is 5.75 Å². The van der Waals surface area contributed by atoms with Crippen LogP contribution in [-0.4, -0.2) is 28.9 Å². The zero-order valence-electron chi connectivity index (χ0n) is 19.8. The maximum Gasteiger partial charge on any atom is 0.300 e. The quantitative estimate of drug-likeness (QED) is 0.217. The molecule has 0 radical (unpaired) electrons. The summed E-state index contributed by atoms with van der Waals surface area (Å²) in [5, 5.41) is 12.4. The normalized spacial score (nSPS) is 17.5. The van der Waals surface area contributed by atoms with Crippen LogP contribution in [0.25, 0.3) is 16.7 Å². The topological polar surface area (TPSA) is 82.6 Å². The molecule has 0 aliphatic carbocycles. The average Bonchev–Trinajstić information content (AvgIpc) is 3.42. The number of aliphatic hydroxyl groups is 1. The second-order valence-electron chi connectivity index (χ2n) is 8.91. The van der Waals surface area contributed by atoms with Crippen LogP contribution in [0.4, 0.5) is 5.69 Å². The Morgan fingerprint density at radius 3 is 2.43 bits per heavy atom. The van der Waals surface area contributed by atoms with Gasteiger partial charge in [-0.05, 0) is 47.9 Å². The van der Waals surface area contributed by atoms with Crippen molar-refractivity contribution in [2.75, 3.05) is 12.0 Å². The molecular formula is C29H26N2O4. The number of aromatic amines is 1. The standard InChI is InChI=1S/C29H26N2O4/c1-17(2)21-15-18(13-14-24(21)35-3)27(32)25-26(22-16-30-23-12-8-7-11-20(22)23)31(29(34)28(25)33)19-9-5-4-6-10-19/h4-17,26,30,32H,1-3H3/b27-25+. The van der Waals surface area contributed by atoms with Crippen LogP contribution in [0.2, 0.25) is 0 Å². The van der Waals surface area contributed by atoms with Crippen LogP contribution in [-0.2, 0) is 9.59 Å². The van der Waals surface area contributed by atoms with E-state index in [1.807, 2.05) is 62.4 Å². The molecule has 0 saturated carbocycles. The second-order valence-corrected chi connectivity index (χ2v) is 8.91. The highest BCUT2D eigenvalue weighted by molar-refractivity contribution is 6.51. The van der Waals surface area contributed by atoms with E-state index in [1.54, 1.807) is 37.6 Å². The van der Waals surface area contributed by atoms with Crippen LogP contribution < -0.4 is 9.64 Å². The Labute approximate surface area is 203 Å². The Morgan fingerprint density at radius 2 is 1.71 bits per heavy atom. The third kappa shape index (κ3) is 3.67. The van der Waals surface area contributed by atoms with Crippen LogP contribution in [0.15, 0.2) is 84.6 Å². The number of carbonyl (C=O) groups excluding carboxylic acids is 2. The largest absolute Gasteiger partial charge is 0.507 e. The number of rotatable bonds is 5. The van der Waals surface area contributed by atoms with E-state index in [2.05, 4.69) is 4.98 Å². The van der Waals surface area contributed by atoms with Crippen molar-refractivity contribution in [2.24, 2.45) is 0 Å². The molecule has 2 heterocycles. The maximum atomic E-state index is 13.4. The minimum atomic E-state index is -0.793. The Bertz CT molecular complexity index is 1470. The van der Waals surface area contributed by atoms with E-state index >= 15 is 0 Å². The maximum absolute atomic E-state index is 13.4. The Hall–Kier alpha value is -4.32. The number of H-pyrrole nitrogens is 1. The lowest BCUT2D eigenvalue weighted by Crippen LogP contribution is -2.29. The molecule has 6 nitrogen and oxygen atoms in total. The summed E-state index contributed by atoms with van der Waals surface area (Å²) < 4.78 is 5.48. The number of ether oxygens (including phenoxy) is 1. The summed E-state index contributed by atoms with van der Waals surface area (Å²) in [6, 6.07) is 21.3. The lowest BCUT2D eigenvalue weighted by molar-refractivity contribution is -0.132. The molecule has 1 amide bonds. The van der Waals surface area contributed by atoms with Crippen LogP contribution in [0.1, 0.15) is 42.5 Å². The van der Waals surface area contributed by atoms with Gasteiger partial charge in [0.25, 0.3) is 11.7 Å². The molecule has 1 aliphatic heterocycles. The van der Waals surface area contributed by atoms with Gasteiger partial charge in [0, 0.05) is 33.9 Å². The molecular weight excluding hydrogens is 440 g/mol. The zero-order valence-corrected chi connectivity index (χ0v) is 19.8. The lowest BCUT2D eigenvalue weighted by Gasteiger charge is -2.25. The first-order valence-corrected chi connectivity index (χ1v) is 11.5. The van der Waals surface area contributed by atoms with E-state index in [-0.39, 0.29) is 17.3 Å². The van der Waals surface area contributed by atoms with Gasteiger partial charge in [0.05, 0.1) is 18.7 Å². The fourth-order valence-corrected chi connectivity index (χ4v) is 4.79. The number of Topliss-reactive ketones (excluding diaryl/α,β-unsaturated/α-hetero) is 1. The monoisotopic (exact) mass is 466 g/mol. The zero-order chi connectivity index (χ0) is 24.7. The predicted molar refractivity (Wildman–Crippen MR) is 137 cm³/mol. The number of ketones is 1. The number of hydrogen-bond donors (Lipinski definition) is 2. The van der Waals surface area contributed by atoms with Crippen molar-refractivity contribution in [3.05, 3.63) is 101 Å². The molecule has 4 aromatic rings. The summed E-state index contributed by atoms with van der Waals surface area (Å²) >= 11 is 0. The number of aliphatic hydroxyl groups excluding tert-OH is 1. The van der Waals surface area contributed by atoms with Crippen molar-refractivity contribution in [1.29, 1.82) is 0 Å². The van der Waals surface area contributed by atoms with E-state index in [4.69, 9.17) is 4.74 Å². The minimum Gasteiger partial charge on any atom is -0.507 e. The van der Waals surface area contributed by atoms with Gasteiger partial charge in [-0.2, -0.15) is 0 Å². The molecule has 1 saturated heterocycles. The highest BCUT2D eigenvalue weighted by Gasteiger charge is 2.47. The minimum absolute atomic E-state index is 0.0588. The summed E-state index contributed by atoms with van der Waals surface area (Å²) in [6.45, 7) is 4.06. The number of nitrogens with one attached hydrogen (secondary N) is 1. The molecule has 1 fully saturated rings. The van der Waals surface area contributed by atoms with Crippen molar-refractivity contribution in [3.8, 4) is 5.75 Å². The highest BCUT2D eigenvalue weighted by Crippen LogP contribution is 2.44. The van der Waals surface area contributed by atoms with Crippen molar-refractivity contribution in [2.45, 2.75) is 25.8 Å². The molecule has 1 aromatic heterocycles. The number of para-hydroxylation sites is 2. The number of carbonyl (C=O) groups is 2. The molecule has 0 spiro atoms. The second kappa shape index (κ2) is 8.80. The summed E-state index contributed by atoms with van der Waals surface area (Å²) in [7, 11) is 1.60. The number of benzene rings is 3. The molecule has 176 valence electrons.